The maximum atomic E-state index is 12.9. The first-order chi connectivity index (χ1) is 12.2. The van der Waals surface area contributed by atoms with Gasteiger partial charge in [0.05, 0.1) is 27.9 Å². The zero-order valence-electron chi connectivity index (χ0n) is 13.3. The minimum atomic E-state index is -0.807. The first-order valence-corrected chi connectivity index (χ1v) is 9.00. The summed E-state index contributed by atoms with van der Waals surface area (Å²) in [4.78, 5) is 19.5. The van der Waals surface area contributed by atoms with Crippen molar-refractivity contribution in [3.8, 4) is 6.07 Å². The fourth-order valence-electron chi connectivity index (χ4n) is 4.14. The molecule has 2 atom stereocenters. The van der Waals surface area contributed by atoms with E-state index < -0.39 is 5.41 Å². The van der Waals surface area contributed by atoms with Crippen LogP contribution in [0.1, 0.15) is 5.56 Å². The second-order valence-corrected chi connectivity index (χ2v) is 7.41. The second kappa shape index (κ2) is 5.04. The van der Waals surface area contributed by atoms with E-state index in [4.69, 9.17) is 0 Å². The van der Waals surface area contributed by atoms with Crippen LogP contribution in [-0.2, 0) is 10.2 Å². The number of nitrogens with zero attached hydrogens (tertiary/aromatic N) is 3. The average molecular weight is 346 g/mol. The Labute approximate surface area is 148 Å². The summed E-state index contributed by atoms with van der Waals surface area (Å²) in [5.41, 5.74) is 2.96. The van der Waals surface area contributed by atoms with Crippen molar-refractivity contribution in [1.82, 2.24) is 4.98 Å². The number of amides is 1. The fraction of sp³-hybridized carbons (Fsp3) is 0.211. The number of carbonyl (C=O) groups excluding carboxylic acids is 1. The Kier molecular flexibility index (Phi) is 2.91. The van der Waals surface area contributed by atoms with Crippen LogP contribution in [0, 0.1) is 17.2 Å². The lowest BCUT2D eigenvalue weighted by molar-refractivity contribution is -0.120. The molecule has 0 aliphatic carbocycles. The number of carbonyl (C=O) groups is 1. The molecule has 122 valence electrons. The zero-order chi connectivity index (χ0) is 17.0. The summed E-state index contributed by atoms with van der Waals surface area (Å²) in [7, 11) is 0. The van der Waals surface area contributed by atoms with E-state index >= 15 is 0 Å². The minimum Gasteiger partial charge on any atom is -0.367 e. The third-order valence-electron chi connectivity index (χ3n) is 5.32. The van der Waals surface area contributed by atoms with Gasteiger partial charge < -0.3 is 10.2 Å². The van der Waals surface area contributed by atoms with Crippen LogP contribution in [0.4, 0.5) is 11.4 Å². The van der Waals surface area contributed by atoms with Gasteiger partial charge in [-0.05, 0) is 29.1 Å². The molecule has 0 bridgehead atoms. The van der Waals surface area contributed by atoms with E-state index in [1.165, 1.54) is 0 Å². The largest absolute Gasteiger partial charge is 0.367 e. The molecule has 2 aliphatic heterocycles. The van der Waals surface area contributed by atoms with Crippen LogP contribution in [0.2, 0.25) is 0 Å². The summed E-state index contributed by atoms with van der Waals surface area (Å²) < 4.78 is 1.10. The van der Waals surface area contributed by atoms with Gasteiger partial charge in [0.1, 0.15) is 5.41 Å². The standard InChI is InChI=1S/C19H14N4OS/c20-9-12-10-23(16-5-7-21-15-6-8-25-17(15)16)11-19(12)13-3-1-2-4-14(13)22-18(19)24/h1-8,12H,10-11H2,(H,22,24)/t12-,19-/m1/s1. The fourth-order valence-corrected chi connectivity index (χ4v) is 5.03. The van der Waals surface area contributed by atoms with Crippen LogP contribution < -0.4 is 10.2 Å². The van der Waals surface area contributed by atoms with E-state index in [1.54, 1.807) is 17.5 Å². The summed E-state index contributed by atoms with van der Waals surface area (Å²) in [6, 6.07) is 14.1. The highest BCUT2D eigenvalue weighted by atomic mass is 32.1. The summed E-state index contributed by atoms with van der Waals surface area (Å²) in [5.74, 6) is -0.460. The Morgan fingerprint density at radius 3 is 3.08 bits per heavy atom. The highest BCUT2D eigenvalue weighted by molar-refractivity contribution is 7.17. The van der Waals surface area contributed by atoms with Crippen LogP contribution >= 0.6 is 11.3 Å². The number of fused-ring (bicyclic) bond motifs is 3. The maximum absolute atomic E-state index is 12.9. The van der Waals surface area contributed by atoms with Crippen molar-refractivity contribution in [3.63, 3.8) is 0 Å². The van der Waals surface area contributed by atoms with E-state index in [1.807, 2.05) is 41.8 Å². The summed E-state index contributed by atoms with van der Waals surface area (Å²) in [6.07, 6.45) is 1.79. The number of pyridine rings is 1. The Morgan fingerprint density at radius 1 is 1.32 bits per heavy atom. The van der Waals surface area contributed by atoms with Gasteiger partial charge in [0, 0.05) is 25.0 Å². The number of nitriles is 1. The molecule has 1 N–H and O–H groups in total. The molecule has 1 saturated heterocycles. The van der Waals surface area contributed by atoms with Crippen molar-refractivity contribution in [2.24, 2.45) is 5.92 Å². The molecule has 0 unspecified atom stereocenters. The van der Waals surface area contributed by atoms with E-state index in [2.05, 4.69) is 21.3 Å². The molecule has 0 saturated carbocycles. The first kappa shape index (κ1) is 14.4. The van der Waals surface area contributed by atoms with E-state index in [-0.39, 0.29) is 11.8 Å². The van der Waals surface area contributed by atoms with E-state index in [9.17, 15) is 10.1 Å². The molecular weight excluding hydrogens is 332 g/mol. The summed E-state index contributed by atoms with van der Waals surface area (Å²) >= 11 is 1.64. The van der Waals surface area contributed by atoms with Crippen molar-refractivity contribution in [2.45, 2.75) is 5.41 Å². The number of para-hydroxylation sites is 1. The highest BCUT2D eigenvalue weighted by Gasteiger charge is 2.58. The van der Waals surface area contributed by atoms with Gasteiger partial charge in [-0.3, -0.25) is 9.78 Å². The first-order valence-electron chi connectivity index (χ1n) is 8.12. The molecule has 1 amide bonds. The van der Waals surface area contributed by atoms with Gasteiger partial charge in [-0.15, -0.1) is 11.3 Å². The number of thiophene rings is 1. The van der Waals surface area contributed by atoms with Gasteiger partial charge in [0.2, 0.25) is 5.91 Å². The average Bonchev–Trinajstić information content (AvgIpc) is 3.33. The molecule has 1 fully saturated rings. The molecule has 0 radical (unpaired) electrons. The third kappa shape index (κ3) is 1.81. The molecule has 5 nitrogen and oxygen atoms in total. The quantitative estimate of drug-likeness (QED) is 0.735. The molecule has 2 aliphatic rings. The van der Waals surface area contributed by atoms with Crippen molar-refractivity contribution in [2.75, 3.05) is 23.3 Å². The lowest BCUT2D eigenvalue weighted by Crippen LogP contribution is -2.41. The SMILES string of the molecule is N#C[C@@H]1CN(c2ccnc3ccsc23)C[C@@]12C(=O)Nc1ccccc12. The van der Waals surface area contributed by atoms with Gasteiger partial charge in [0.25, 0.3) is 0 Å². The minimum absolute atomic E-state index is 0.0702. The van der Waals surface area contributed by atoms with Crippen LogP contribution in [0.15, 0.2) is 48.0 Å². The Morgan fingerprint density at radius 2 is 2.20 bits per heavy atom. The van der Waals surface area contributed by atoms with Crippen molar-refractivity contribution < 1.29 is 4.79 Å². The predicted molar refractivity (Wildman–Crippen MR) is 97.7 cm³/mol. The number of rotatable bonds is 1. The van der Waals surface area contributed by atoms with E-state index in [0.717, 1.165) is 27.2 Å². The zero-order valence-corrected chi connectivity index (χ0v) is 14.1. The van der Waals surface area contributed by atoms with Gasteiger partial charge >= 0.3 is 0 Å². The summed E-state index contributed by atoms with van der Waals surface area (Å²) in [5, 5.41) is 14.8. The molecule has 2 aromatic heterocycles. The maximum Gasteiger partial charge on any atom is 0.238 e. The number of nitrogens with one attached hydrogen (secondary N) is 1. The molecule has 4 heterocycles. The molecular formula is C19H14N4OS. The number of benzene rings is 1. The topological polar surface area (TPSA) is 69.0 Å². The molecule has 1 spiro atoms. The molecule has 5 rings (SSSR count). The van der Waals surface area contributed by atoms with Crippen molar-refractivity contribution in [1.29, 1.82) is 5.26 Å². The van der Waals surface area contributed by atoms with Crippen molar-refractivity contribution >= 4 is 38.8 Å². The Hall–Kier alpha value is -2.91. The Balaban J connectivity index is 1.66. The molecule has 6 heteroatoms. The number of hydrogen-bond donors (Lipinski definition) is 1. The van der Waals surface area contributed by atoms with Crippen LogP contribution in [0.25, 0.3) is 10.2 Å². The molecule has 3 aromatic rings. The normalized spacial score (nSPS) is 24.5. The van der Waals surface area contributed by atoms with Crippen LogP contribution in [0.3, 0.4) is 0 Å². The summed E-state index contributed by atoms with van der Waals surface area (Å²) in [6.45, 7) is 1.04. The smallest absolute Gasteiger partial charge is 0.238 e. The Bertz CT molecular complexity index is 1050. The van der Waals surface area contributed by atoms with Gasteiger partial charge in [-0.2, -0.15) is 5.26 Å². The predicted octanol–water partition coefficient (Wildman–Crippen LogP) is 3.15. The van der Waals surface area contributed by atoms with Gasteiger partial charge in [-0.1, -0.05) is 18.2 Å². The number of aromatic nitrogens is 1. The highest BCUT2D eigenvalue weighted by Crippen LogP contribution is 2.49. The lowest BCUT2D eigenvalue weighted by Gasteiger charge is -2.25. The van der Waals surface area contributed by atoms with Crippen LogP contribution in [0.5, 0.6) is 0 Å². The molecule has 1 aromatic carbocycles. The van der Waals surface area contributed by atoms with Gasteiger partial charge in [-0.25, -0.2) is 0 Å². The monoisotopic (exact) mass is 346 g/mol. The lowest BCUT2D eigenvalue weighted by atomic mass is 9.74. The van der Waals surface area contributed by atoms with Crippen molar-refractivity contribution in [3.05, 3.63) is 53.5 Å². The number of hydrogen-bond acceptors (Lipinski definition) is 5. The van der Waals surface area contributed by atoms with Crippen LogP contribution in [-0.4, -0.2) is 24.0 Å². The van der Waals surface area contributed by atoms with Gasteiger partial charge in [0.15, 0.2) is 0 Å². The third-order valence-corrected chi connectivity index (χ3v) is 6.24. The number of anilines is 2. The second-order valence-electron chi connectivity index (χ2n) is 6.50. The van der Waals surface area contributed by atoms with E-state index in [0.29, 0.717) is 13.1 Å². The molecule has 25 heavy (non-hydrogen) atoms.